The molecule has 0 atom stereocenters. The van der Waals surface area contributed by atoms with Gasteiger partial charge in [0.15, 0.2) is 0 Å². The van der Waals surface area contributed by atoms with E-state index in [9.17, 15) is 10.5 Å². The molecule has 0 bridgehead atoms. The van der Waals surface area contributed by atoms with Gasteiger partial charge in [-0.05, 0) is 103 Å². The molecule has 166 valence electrons. The summed E-state index contributed by atoms with van der Waals surface area (Å²) in [6.07, 6.45) is 8.68. The van der Waals surface area contributed by atoms with Crippen LogP contribution in [0.1, 0.15) is 59.1 Å². The quantitative estimate of drug-likeness (QED) is 0.241. The number of benzene rings is 4. The molecule has 3 nitrogen and oxygen atoms in total. The second-order valence-electron chi connectivity index (χ2n) is 10.4. The molecule has 35 heavy (non-hydrogen) atoms. The highest BCUT2D eigenvalue weighted by molar-refractivity contribution is 6.32. The normalized spacial score (nSPS) is 15.6. The van der Waals surface area contributed by atoms with Crippen molar-refractivity contribution in [3.8, 4) is 12.1 Å². The van der Waals surface area contributed by atoms with E-state index >= 15 is 0 Å². The van der Waals surface area contributed by atoms with Gasteiger partial charge in [0, 0.05) is 21.5 Å². The molecule has 2 heterocycles. The van der Waals surface area contributed by atoms with Gasteiger partial charge < -0.3 is 4.40 Å². The fraction of sp³-hybridized carbons (Fsp3) is 0.250. The lowest BCUT2D eigenvalue weighted by Gasteiger charge is -2.20. The van der Waals surface area contributed by atoms with E-state index in [1.807, 2.05) is 0 Å². The molecule has 0 saturated heterocycles. The van der Waals surface area contributed by atoms with Crippen LogP contribution in [0.5, 0.6) is 0 Å². The molecule has 0 aliphatic heterocycles. The zero-order valence-corrected chi connectivity index (χ0v) is 19.5. The Labute approximate surface area is 203 Å². The molecule has 2 aromatic heterocycles. The van der Waals surface area contributed by atoms with E-state index in [2.05, 4.69) is 59.0 Å². The molecule has 6 aromatic rings. The maximum atomic E-state index is 10.1. The summed E-state index contributed by atoms with van der Waals surface area (Å²) in [6.45, 7) is 0. The van der Waals surface area contributed by atoms with Crippen molar-refractivity contribution in [1.82, 2.24) is 4.40 Å². The lowest BCUT2D eigenvalue weighted by Crippen LogP contribution is -2.07. The summed E-state index contributed by atoms with van der Waals surface area (Å²) in [6, 6.07) is 20.5. The van der Waals surface area contributed by atoms with Crippen LogP contribution in [-0.2, 0) is 25.7 Å². The highest BCUT2D eigenvalue weighted by Crippen LogP contribution is 2.48. The Morgan fingerprint density at radius 3 is 1.83 bits per heavy atom. The first-order chi connectivity index (χ1) is 17.3. The maximum Gasteiger partial charge on any atom is 0.0995 e. The number of fused-ring (bicyclic) bond motifs is 12. The van der Waals surface area contributed by atoms with Crippen molar-refractivity contribution in [3.05, 3.63) is 75.8 Å². The number of hydrogen-bond donors (Lipinski definition) is 0. The summed E-state index contributed by atoms with van der Waals surface area (Å²) in [5, 5.41) is 28.0. The molecule has 0 spiro atoms. The van der Waals surface area contributed by atoms with Gasteiger partial charge in [-0.2, -0.15) is 10.5 Å². The molecule has 0 saturated carbocycles. The Balaban J connectivity index is 1.74. The first-order valence-corrected chi connectivity index (χ1v) is 12.8. The molecule has 0 radical (unpaired) electrons. The van der Waals surface area contributed by atoms with Crippen molar-refractivity contribution in [2.75, 3.05) is 0 Å². The molecule has 0 amide bonds. The molecular formula is C32H23N3. The van der Waals surface area contributed by atoms with Gasteiger partial charge >= 0.3 is 0 Å². The van der Waals surface area contributed by atoms with Crippen molar-refractivity contribution in [3.63, 3.8) is 0 Å². The zero-order valence-electron chi connectivity index (χ0n) is 19.5. The summed E-state index contributed by atoms with van der Waals surface area (Å²) in [5.41, 5.74) is 10.4. The molecule has 8 rings (SSSR count). The van der Waals surface area contributed by atoms with Gasteiger partial charge in [0.25, 0.3) is 0 Å². The van der Waals surface area contributed by atoms with Gasteiger partial charge in [-0.25, -0.2) is 0 Å². The van der Waals surface area contributed by atoms with Crippen LogP contribution in [0.15, 0.2) is 42.5 Å². The molecule has 4 aromatic carbocycles. The second-order valence-corrected chi connectivity index (χ2v) is 10.4. The van der Waals surface area contributed by atoms with Crippen LogP contribution in [-0.4, -0.2) is 4.40 Å². The average Bonchev–Trinajstić information content (AvgIpc) is 3.43. The Kier molecular flexibility index (Phi) is 3.71. The van der Waals surface area contributed by atoms with Crippen LogP contribution in [0.3, 0.4) is 0 Å². The highest BCUT2D eigenvalue weighted by Gasteiger charge is 2.28. The molecule has 3 heteroatoms. The molecule has 0 unspecified atom stereocenters. The third kappa shape index (κ3) is 2.29. The second kappa shape index (κ2) is 6.74. The lowest BCUT2D eigenvalue weighted by atomic mass is 9.83. The molecule has 0 N–H and O–H groups in total. The van der Waals surface area contributed by atoms with E-state index in [1.54, 1.807) is 0 Å². The molecular weight excluding hydrogens is 426 g/mol. The summed E-state index contributed by atoms with van der Waals surface area (Å²) in [4.78, 5) is 0. The molecule has 2 aliphatic rings. The number of hydrogen-bond acceptors (Lipinski definition) is 2. The predicted octanol–water partition coefficient (Wildman–Crippen LogP) is 7.49. The summed E-state index contributed by atoms with van der Waals surface area (Å²) in [5.74, 6) is 0. The summed E-state index contributed by atoms with van der Waals surface area (Å²) in [7, 11) is 0. The highest BCUT2D eigenvalue weighted by atomic mass is 14.9. The Bertz CT molecular complexity index is 1970. The van der Waals surface area contributed by atoms with Crippen LogP contribution < -0.4 is 0 Å². The van der Waals surface area contributed by atoms with E-state index in [-0.39, 0.29) is 0 Å². The Morgan fingerprint density at radius 1 is 0.600 bits per heavy atom. The molecule has 0 fully saturated rings. The number of nitrogens with zero attached hydrogens (tertiary/aromatic N) is 3. The van der Waals surface area contributed by atoms with E-state index in [4.69, 9.17) is 0 Å². The van der Waals surface area contributed by atoms with E-state index in [0.717, 1.165) is 60.7 Å². The van der Waals surface area contributed by atoms with Gasteiger partial charge in [0.2, 0.25) is 0 Å². The fourth-order valence-corrected chi connectivity index (χ4v) is 7.37. The summed E-state index contributed by atoms with van der Waals surface area (Å²) < 4.78 is 2.40. The topological polar surface area (TPSA) is 52.0 Å². The summed E-state index contributed by atoms with van der Waals surface area (Å²) >= 11 is 0. The average molecular weight is 450 g/mol. The predicted molar refractivity (Wildman–Crippen MR) is 141 cm³/mol. The van der Waals surface area contributed by atoms with Crippen LogP contribution >= 0.6 is 0 Å². The third-order valence-electron chi connectivity index (χ3n) is 8.75. The fourth-order valence-electron chi connectivity index (χ4n) is 7.37. The monoisotopic (exact) mass is 449 g/mol. The van der Waals surface area contributed by atoms with Crippen LogP contribution in [0.4, 0.5) is 0 Å². The van der Waals surface area contributed by atoms with E-state index < -0.39 is 0 Å². The largest absolute Gasteiger partial charge is 0.308 e. The Hall–Kier alpha value is -4.08. The van der Waals surface area contributed by atoms with E-state index in [0.29, 0.717) is 0 Å². The minimum Gasteiger partial charge on any atom is -0.308 e. The maximum absolute atomic E-state index is 10.1. The van der Waals surface area contributed by atoms with Gasteiger partial charge in [0.1, 0.15) is 0 Å². The van der Waals surface area contributed by atoms with Crippen molar-refractivity contribution >= 4 is 48.9 Å². The van der Waals surface area contributed by atoms with Gasteiger partial charge in [0.05, 0.1) is 39.8 Å². The van der Waals surface area contributed by atoms with Crippen LogP contribution in [0.25, 0.3) is 48.9 Å². The minimum absolute atomic E-state index is 0.823. The minimum atomic E-state index is 0.823. The first kappa shape index (κ1) is 19.2. The van der Waals surface area contributed by atoms with Crippen molar-refractivity contribution in [2.45, 2.75) is 51.4 Å². The third-order valence-corrected chi connectivity index (χ3v) is 8.75. The van der Waals surface area contributed by atoms with Crippen LogP contribution in [0.2, 0.25) is 0 Å². The number of rotatable bonds is 0. The lowest BCUT2D eigenvalue weighted by molar-refractivity contribution is 0.688. The van der Waals surface area contributed by atoms with Gasteiger partial charge in [-0.1, -0.05) is 24.3 Å². The van der Waals surface area contributed by atoms with E-state index in [1.165, 1.54) is 72.9 Å². The van der Waals surface area contributed by atoms with Gasteiger partial charge in [-0.3, -0.25) is 0 Å². The van der Waals surface area contributed by atoms with Crippen molar-refractivity contribution < 1.29 is 0 Å². The number of aromatic nitrogens is 1. The number of aryl methyl sites for hydroxylation is 2. The van der Waals surface area contributed by atoms with Crippen molar-refractivity contribution in [1.29, 1.82) is 10.5 Å². The van der Waals surface area contributed by atoms with Crippen molar-refractivity contribution in [2.24, 2.45) is 0 Å². The SMILES string of the molecule is N#Cc1cc2c(c3c1CCCC3)c1cc3ccccc3c3c4c5c(c(C#N)cc4n2c13)CCCC5. The smallest absolute Gasteiger partial charge is 0.0995 e. The number of nitriles is 2. The molecule has 2 aliphatic carbocycles. The van der Waals surface area contributed by atoms with Gasteiger partial charge in [-0.15, -0.1) is 0 Å². The Morgan fingerprint density at radius 2 is 1.17 bits per heavy atom. The first-order valence-electron chi connectivity index (χ1n) is 12.8. The van der Waals surface area contributed by atoms with Crippen LogP contribution in [0, 0.1) is 22.7 Å². The standard InChI is InChI=1S/C32H23N3/c33-16-19-14-27-29(24-11-5-3-8-21(19)24)26-13-18-7-1-2-10-23(18)31-30-25-12-6-4-9-22(25)20(17-34)15-28(30)35(27)32(26)31/h1-2,7,10,13-15H,3-6,8-9,11-12H2. The zero-order chi connectivity index (χ0) is 23.3.